The van der Waals surface area contributed by atoms with Gasteiger partial charge >= 0.3 is 0 Å². The fourth-order valence-electron chi connectivity index (χ4n) is 2.34. The van der Waals surface area contributed by atoms with Gasteiger partial charge in [0.2, 0.25) is 0 Å². The van der Waals surface area contributed by atoms with Crippen LogP contribution in [0.2, 0.25) is 0 Å². The molecule has 1 atom stereocenters. The zero-order chi connectivity index (χ0) is 17.7. The molecule has 0 bridgehead atoms. The lowest BCUT2D eigenvalue weighted by atomic mass is 9.84. The Morgan fingerprint density at radius 3 is 2.50 bits per heavy atom. The van der Waals surface area contributed by atoms with E-state index in [0.717, 1.165) is 12.1 Å². The zero-order valence-electron chi connectivity index (χ0n) is 13.2. The Morgan fingerprint density at radius 1 is 1.21 bits per heavy atom. The maximum atomic E-state index is 13.6. The van der Waals surface area contributed by atoms with E-state index in [-0.39, 0.29) is 17.5 Å². The van der Waals surface area contributed by atoms with Gasteiger partial charge in [-0.05, 0) is 48.6 Å². The predicted octanol–water partition coefficient (Wildman–Crippen LogP) is 2.32. The molecule has 0 saturated carbocycles. The number of halogens is 2. The van der Waals surface area contributed by atoms with Crippen LogP contribution < -0.4 is 5.56 Å². The topological polar surface area (TPSA) is 42.2 Å². The van der Waals surface area contributed by atoms with Crippen molar-refractivity contribution < 1.29 is 13.9 Å². The molecule has 2 rings (SSSR count). The number of hydrogen-bond acceptors (Lipinski definition) is 2. The maximum absolute atomic E-state index is 13.6. The summed E-state index contributed by atoms with van der Waals surface area (Å²) < 4.78 is 28.5. The predicted molar refractivity (Wildman–Crippen MR) is 86.9 cm³/mol. The Hall–Kier alpha value is -2.89. The lowest BCUT2D eigenvalue weighted by Gasteiger charge is -2.27. The molecule has 2 aromatic rings. The second kappa shape index (κ2) is 7.12. The van der Waals surface area contributed by atoms with Gasteiger partial charge in [-0.25, -0.2) is 8.78 Å². The Labute approximate surface area is 138 Å². The average molecular weight is 327 g/mol. The minimum absolute atomic E-state index is 0.0174. The van der Waals surface area contributed by atoms with Crippen molar-refractivity contribution in [3.05, 3.63) is 69.6 Å². The summed E-state index contributed by atoms with van der Waals surface area (Å²) in [6, 6.07) is 5.65. The largest absolute Gasteiger partial charge is 0.379 e. The fourth-order valence-corrected chi connectivity index (χ4v) is 2.34. The Kier molecular flexibility index (Phi) is 5.18. The van der Waals surface area contributed by atoms with E-state index in [9.17, 15) is 18.7 Å². The molecular weight excluding hydrogens is 312 g/mol. The van der Waals surface area contributed by atoms with Crippen molar-refractivity contribution in [2.24, 2.45) is 7.05 Å². The minimum Gasteiger partial charge on any atom is -0.379 e. The van der Waals surface area contributed by atoms with Crippen molar-refractivity contribution in [1.82, 2.24) is 4.57 Å². The molecule has 0 aliphatic heterocycles. The Morgan fingerprint density at radius 2 is 1.88 bits per heavy atom. The van der Waals surface area contributed by atoms with Crippen LogP contribution in [0.1, 0.15) is 24.5 Å². The fraction of sp³-hybridized carbons (Fsp3) is 0.211. The number of benzene rings is 1. The van der Waals surface area contributed by atoms with Gasteiger partial charge in [-0.2, -0.15) is 0 Å². The van der Waals surface area contributed by atoms with Crippen LogP contribution in [0.5, 0.6) is 0 Å². The van der Waals surface area contributed by atoms with E-state index in [2.05, 4.69) is 23.7 Å². The van der Waals surface area contributed by atoms with Crippen LogP contribution in [0, 0.1) is 35.3 Å². The highest BCUT2D eigenvalue weighted by atomic mass is 19.1. The van der Waals surface area contributed by atoms with Crippen molar-refractivity contribution in [3.8, 4) is 23.7 Å². The number of nitrogens with zero attached hydrogens (tertiary/aromatic N) is 1. The van der Waals surface area contributed by atoms with Gasteiger partial charge in [0.15, 0.2) is 0 Å². The third-order valence-corrected chi connectivity index (χ3v) is 3.53. The third-order valence-electron chi connectivity index (χ3n) is 3.53. The minimum atomic E-state index is -1.96. The molecule has 1 aromatic heterocycles. The lowest BCUT2D eigenvalue weighted by molar-refractivity contribution is 0.0838. The summed E-state index contributed by atoms with van der Waals surface area (Å²) >= 11 is 0. The van der Waals surface area contributed by atoms with E-state index in [1.807, 2.05) is 0 Å². The van der Waals surface area contributed by atoms with Gasteiger partial charge in [-0.1, -0.05) is 11.8 Å². The number of aromatic nitrogens is 1. The van der Waals surface area contributed by atoms with Gasteiger partial charge in [0.05, 0.1) is 5.56 Å². The second-order valence-electron chi connectivity index (χ2n) is 5.21. The molecule has 0 radical (unpaired) electrons. The zero-order valence-corrected chi connectivity index (χ0v) is 13.2. The summed E-state index contributed by atoms with van der Waals surface area (Å²) in [6.07, 6.45) is 1.29. The SMILES string of the molecule is CC#CC#CCC(O)(c1cc(F)cc(F)c1)c1cccn(C)c1=O. The highest BCUT2D eigenvalue weighted by molar-refractivity contribution is 5.38. The van der Waals surface area contributed by atoms with Gasteiger partial charge in [-0.15, -0.1) is 0 Å². The van der Waals surface area contributed by atoms with Crippen LogP contribution in [-0.4, -0.2) is 9.67 Å². The first-order chi connectivity index (χ1) is 11.4. The van der Waals surface area contributed by atoms with Crippen molar-refractivity contribution in [2.45, 2.75) is 18.9 Å². The molecule has 0 aliphatic rings. The molecule has 1 unspecified atom stereocenters. The van der Waals surface area contributed by atoms with Crippen LogP contribution in [0.25, 0.3) is 0 Å². The number of aryl methyl sites for hydroxylation is 1. The molecule has 0 spiro atoms. The highest BCUT2D eigenvalue weighted by Crippen LogP contribution is 2.31. The van der Waals surface area contributed by atoms with E-state index < -0.39 is 22.8 Å². The van der Waals surface area contributed by atoms with Crippen molar-refractivity contribution in [3.63, 3.8) is 0 Å². The quantitative estimate of drug-likeness (QED) is 0.879. The van der Waals surface area contributed by atoms with Crippen LogP contribution in [0.4, 0.5) is 8.78 Å². The third kappa shape index (κ3) is 3.53. The first kappa shape index (κ1) is 17.5. The van der Waals surface area contributed by atoms with Crippen molar-refractivity contribution in [1.29, 1.82) is 0 Å². The molecule has 3 nitrogen and oxygen atoms in total. The molecule has 0 amide bonds. The van der Waals surface area contributed by atoms with E-state index in [0.29, 0.717) is 6.07 Å². The summed E-state index contributed by atoms with van der Waals surface area (Å²) in [5.41, 5.74) is -2.53. The first-order valence-electron chi connectivity index (χ1n) is 7.13. The van der Waals surface area contributed by atoms with Crippen LogP contribution >= 0.6 is 0 Å². The molecule has 0 saturated heterocycles. The van der Waals surface area contributed by atoms with Crippen molar-refractivity contribution >= 4 is 0 Å². The molecule has 0 aliphatic carbocycles. The van der Waals surface area contributed by atoms with Crippen molar-refractivity contribution in [2.75, 3.05) is 0 Å². The monoisotopic (exact) mass is 327 g/mol. The summed E-state index contributed by atoms with van der Waals surface area (Å²) in [6.45, 7) is 1.61. The molecule has 1 aromatic carbocycles. The molecule has 1 heterocycles. The molecule has 5 heteroatoms. The second-order valence-corrected chi connectivity index (χ2v) is 5.21. The number of hydrogen-bond donors (Lipinski definition) is 1. The maximum Gasteiger partial charge on any atom is 0.256 e. The molecule has 1 N–H and O–H groups in total. The normalized spacial score (nSPS) is 12.4. The van der Waals surface area contributed by atoms with Crippen LogP contribution in [-0.2, 0) is 12.6 Å². The van der Waals surface area contributed by atoms with Gasteiger partial charge in [0.1, 0.15) is 17.2 Å². The summed E-state index contributed by atoms with van der Waals surface area (Å²) in [5.74, 6) is 8.57. The van der Waals surface area contributed by atoms with E-state index in [4.69, 9.17) is 0 Å². The van der Waals surface area contributed by atoms with E-state index >= 15 is 0 Å². The summed E-state index contributed by atoms with van der Waals surface area (Å²) in [7, 11) is 1.52. The molecule has 24 heavy (non-hydrogen) atoms. The summed E-state index contributed by atoms with van der Waals surface area (Å²) in [4.78, 5) is 12.4. The average Bonchev–Trinajstić information content (AvgIpc) is 2.53. The standard InChI is InChI=1S/C19H15F2NO2/c1-3-4-5-6-9-19(24,14-11-15(20)13-16(21)12-14)17-8-7-10-22(2)18(17)23/h7-8,10-13,24H,9H2,1-2H3. The summed E-state index contributed by atoms with van der Waals surface area (Å²) in [5, 5.41) is 11.1. The van der Waals surface area contributed by atoms with Crippen LogP contribution in [0.3, 0.4) is 0 Å². The molecular formula is C19H15F2NO2. The van der Waals surface area contributed by atoms with Crippen LogP contribution in [0.15, 0.2) is 41.3 Å². The number of aliphatic hydroxyl groups is 1. The van der Waals surface area contributed by atoms with Gasteiger partial charge < -0.3 is 9.67 Å². The van der Waals surface area contributed by atoms with Gasteiger partial charge in [-0.3, -0.25) is 4.79 Å². The van der Waals surface area contributed by atoms with E-state index in [1.54, 1.807) is 13.0 Å². The number of pyridine rings is 1. The molecule has 0 fully saturated rings. The Bertz CT molecular complexity index is 921. The molecule has 122 valence electrons. The smallest absolute Gasteiger partial charge is 0.256 e. The first-order valence-corrected chi connectivity index (χ1v) is 7.13. The van der Waals surface area contributed by atoms with E-state index in [1.165, 1.54) is 23.9 Å². The number of rotatable bonds is 3. The Balaban J connectivity index is 2.69. The van der Waals surface area contributed by atoms with Gasteiger partial charge in [0, 0.05) is 25.7 Å². The lowest BCUT2D eigenvalue weighted by Crippen LogP contribution is -2.36. The van der Waals surface area contributed by atoms with Gasteiger partial charge in [0.25, 0.3) is 5.56 Å². The highest BCUT2D eigenvalue weighted by Gasteiger charge is 2.34.